The van der Waals surface area contributed by atoms with E-state index in [1.54, 1.807) is 27.8 Å². The van der Waals surface area contributed by atoms with Crippen molar-refractivity contribution in [3.05, 3.63) is 34.7 Å². The number of nitrogens with zero attached hydrogens (tertiary/aromatic N) is 3. The first-order valence-electron chi connectivity index (χ1n) is 9.87. The average Bonchev–Trinajstić information content (AvgIpc) is 3.36. The van der Waals surface area contributed by atoms with Gasteiger partial charge in [-0.2, -0.15) is 4.31 Å². The SMILES string of the molecule is O=C1CCCN1CCc1nc(-c2ccc(S(=O)(=O)N3CCCCC3)cc2)cs1. The van der Waals surface area contributed by atoms with Crippen molar-refractivity contribution in [2.24, 2.45) is 0 Å². The largest absolute Gasteiger partial charge is 0.342 e. The van der Waals surface area contributed by atoms with Crippen LogP contribution in [0.1, 0.15) is 37.1 Å². The fourth-order valence-electron chi connectivity index (χ4n) is 3.78. The number of hydrogen-bond acceptors (Lipinski definition) is 5. The van der Waals surface area contributed by atoms with E-state index in [1.165, 1.54) is 0 Å². The number of carbonyl (C=O) groups is 1. The van der Waals surface area contributed by atoms with Crippen LogP contribution in [0.4, 0.5) is 0 Å². The van der Waals surface area contributed by atoms with E-state index < -0.39 is 10.0 Å². The number of sulfonamides is 1. The molecule has 1 amide bonds. The molecule has 1 aromatic carbocycles. The van der Waals surface area contributed by atoms with Gasteiger partial charge in [-0.1, -0.05) is 18.6 Å². The van der Waals surface area contributed by atoms with Crippen LogP contribution >= 0.6 is 11.3 Å². The Labute approximate surface area is 170 Å². The second-order valence-electron chi connectivity index (χ2n) is 7.35. The lowest BCUT2D eigenvalue weighted by Crippen LogP contribution is -2.35. The van der Waals surface area contributed by atoms with E-state index in [0.29, 0.717) is 24.4 Å². The Morgan fingerprint density at radius 3 is 2.43 bits per heavy atom. The molecule has 0 atom stereocenters. The van der Waals surface area contributed by atoms with Crippen LogP contribution < -0.4 is 0 Å². The second-order valence-corrected chi connectivity index (χ2v) is 10.2. The van der Waals surface area contributed by atoms with Crippen LogP contribution in [0.5, 0.6) is 0 Å². The van der Waals surface area contributed by atoms with Crippen molar-refractivity contribution >= 4 is 27.3 Å². The fraction of sp³-hybridized carbons (Fsp3) is 0.500. The van der Waals surface area contributed by atoms with E-state index in [2.05, 4.69) is 4.98 Å². The number of benzene rings is 1. The van der Waals surface area contributed by atoms with Gasteiger partial charge in [0.15, 0.2) is 0 Å². The van der Waals surface area contributed by atoms with Gasteiger partial charge in [-0.15, -0.1) is 11.3 Å². The number of amides is 1. The summed E-state index contributed by atoms with van der Waals surface area (Å²) >= 11 is 1.59. The third-order valence-electron chi connectivity index (χ3n) is 5.42. The highest BCUT2D eigenvalue weighted by molar-refractivity contribution is 7.89. The third kappa shape index (κ3) is 4.14. The smallest absolute Gasteiger partial charge is 0.243 e. The lowest BCUT2D eigenvalue weighted by molar-refractivity contribution is -0.127. The zero-order valence-electron chi connectivity index (χ0n) is 15.8. The van der Waals surface area contributed by atoms with Gasteiger partial charge in [-0.05, 0) is 31.4 Å². The van der Waals surface area contributed by atoms with Crippen molar-refractivity contribution in [2.75, 3.05) is 26.2 Å². The molecule has 2 aliphatic rings. The molecule has 0 radical (unpaired) electrons. The molecule has 3 heterocycles. The molecule has 150 valence electrons. The summed E-state index contributed by atoms with van der Waals surface area (Å²) in [4.78, 5) is 18.6. The minimum atomic E-state index is -3.40. The Balaban J connectivity index is 1.42. The van der Waals surface area contributed by atoms with Crippen LogP contribution in [0.25, 0.3) is 11.3 Å². The van der Waals surface area contributed by atoms with Gasteiger partial charge < -0.3 is 4.90 Å². The van der Waals surface area contributed by atoms with E-state index in [0.717, 1.165) is 61.5 Å². The average molecular weight is 420 g/mol. The van der Waals surface area contributed by atoms with Crippen LogP contribution in [0, 0.1) is 0 Å². The Bertz CT molecular complexity index is 932. The second kappa shape index (κ2) is 8.31. The number of thiazole rings is 1. The highest BCUT2D eigenvalue weighted by Crippen LogP contribution is 2.26. The van der Waals surface area contributed by atoms with Crippen LogP contribution in [-0.4, -0.2) is 54.7 Å². The highest BCUT2D eigenvalue weighted by atomic mass is 32.2. The minimum Gasteiger partial charge on any atom is -0.342 e. The Hall–Kier alpha value is -1.77. The van der Waals surface area contributed by atoms with E-state index in [-0.39, 0.29) is 5.91 Å². The van der Waals surface area contributed by atoms with Crippen molar-refractivity contribution in [1.82, 2.24) is 14.2 Å². The molecule has 2 saturated heterocycles. The molecule has 0 unspecified atom stereocenters. The van der Waals surface area contributed by atoms with Crippen molar-refractivity contribution < 1.29 is 13.2 Å². The normalized spacial score (nSPS) is 18.7. The third-order valence-corrected chi connectivity index (χ3v) is 8.24. The van der Waals surface area contributed by atoms with E-state index in [4.69, 9.17) is 0 Å². The zero-order valence-corrected chi connectivity index (χ0v) is 17.5. The minimum absolute atomic E-state index is 0.238. The van der Waals surface area contributed by atoms with Crippen molar-refractivity contribution in [2.45, 2.75) is 43.4 Å². The summed E-state index contributed by atoms with van der Waals surface area (Å²) < 4.78 is 27.1. The van der Waals surface area contributed by atoms with Gasteiger partial charge in [-0.3, -0.25) is 4.79 Å². The molecule has 6 nitrogen and oxygen atoms in total. The Morgan fingerprint density at radius 1 is 1.00 bits per heavy atom. The molecule has 4 rings (SSSR count). The first kappa shape index (κ1) is 19.5. The standard InChI is InChI=1S/C20H25N3O3S2/c24-20-5-4-11-22(20)14-10-19-21-18(15-27-19)16-6-8-17(9-7-16)28(25,26)23-12-2-1-3-13-23/h6-9,15H,1-5,10-14H2. The molecular formula is C20H25N3O3S2. The summed E-state index contributed by atoms with van der Waals surface area (Å²) in [7, 11) is -3.40. The van der Waals surface area contributed by atoms with Crippen LogP contribution in [0.2, 0.25) is 0 Å². The number of carbonyl (C=O) groups excluding carboxylic acids is 1. The van der Waals surface area contributed by atoms with Crippen molar-refractivity contribution in [3.63, 3.8) is 0 Å². The maximum atomic E-state index is 12.8. The number of rotatable bonds is 6. The van der Waals surface area contributed by atoms with Gasteiger partial charge in [0.1, 0.15) is 0 Å². The first-order chi connectivity index (χ1) is 13.5. The van der Waals surface area contributed by atoms with Crippen molar-refractivity contribution in [1.29, 1.82) is 0 Å². The number of hydrogen-bond donors (Lipinski definition) is 0. The molecule has 0 bridgehead atoms. The molecular weight excluding hydrogens is 394 g/mol. The molecule has 2 aromatic rings. The van der Waals surface area contributed by atoms with E-state index in [9.17, 15) is 13.2 Å². The van der Waals surface area contributed by atoms with Crippen LogP contribution in [0.3, 0.4) is 0 Å². The summed E-state index contributed by atoms with van der Waals surface area (Å²) in [6, 6.07) is 7.03. The highest BCUT2D eigenvalue weighted by Gasteiger charge is 2.26. The van der Waals surface area contributed by atoms with Crippen molar-refractivity contribution in [3.8, 4) is 11.3 Å². The van der Waals surface area contributed by atoms with Gasteiger partial charge >= 0.3 is 0 Å². The zero-order chi connectivity index (χ0) is 19.6. The van der Waals surface area contributed by atoms with Gasteiger partial charge in [0.25, 0.3) is 0 Å². The van der Waals surface area contributed by atoms with Gasteiger partial charge in [0.05, 0.1) is 15.6 Å². The monoisotopic (exact) mass is 419 g/mol. The maximum Gasteiger partial charge on any atom is 0.243 e. The van der Waals surface area contributed by atoms with Gasteiger partial charge in [0.2, 0.25) is 15.9 Å². The number of piperidine rings is 1. The van der Waals surface area contributed by atoms with E-state index >= 15 is 0 Å². The molecule has 0 spiro atoms. The molecule has 2 fully saturated rings. The Morgan fingerprint density at radius 2 is 1.75 bits per heavy atom. The van der Waals surface area contributed by atoms with Gasteiger partial charge in [-0.25, -0.2) is 13.4 Å². The molecule has 8 heteroatoms. The van der Waals surface area contributed by atoms with Gasteiger partial charge in [0, 0.05) is 50.0 Å². The van der Waals surface area contributed by atoms with E-state index in [1.807, 2.05) is 22.4 Å². The van der Waals surface area contributed by atoms with Crippen LogP contribution in [0.15, 0.2) is 34.5 Å². The summed E-state index contributed by atoms with van der Waals surface area (Å²) in [5.74, 6) is 0.238. The number of likely N-dealkylation sites (tertiary alicyclic amines) is 1. The summed E-state index contributed by atoms with van der Waals surface area (Å²) in [5.41, 5.74) is 1.77. The lowest BCUT2D eigenvalue weighted by atomic mass is 10.2. The summed E-state index contributed by atoms with van der Waals surface area (Å²) in [5, 5.41) is 3.00. The quantitative estimate of drug-likeness (QED) is 0.721. The summed E-state index contributed by atoms with van der Waals surface area (Å²) in [6.07, 6.45) is 5.34. The molecule has 1 aromatic heterocycles. The molecule has 28 heavy (non-hydrogen) atoms. The predicted molar refractivity (Wildman–Crippen MR) is 110 cm³/mol. The topological polar surface area (TPSA) is 70.6 Å². The molecule has 0 N–H and O–H groups in total. The lowest BCUT2D eigenvalue weighted by Gasteiger charge is -2.25. The molecule has 2 aliphatic heterocycles. The molecule has 0 saturated carbocycles. The predicted octanol–water partition coefficient (Wildman–Crippen LogP) is 3.15. The molecule has 0 aliphatic carbocycles. The maximum absolute atomic E-state index is 12.8. The Kier molecular flexibility index (Phi) is 5.80. The summed E-state index contributed by atoms with van der Waals surface area (Å²) in [6.45, 7) is 2.79. The first-order valence-corrected chi connectivity index (χ1v) is 12.2. The number of aromatic nitrogens is 1. The fourth-order valence-corrected chi connectivity index (χ4v) is 6.10. The van der Waals surface area contributed by atoms with Crippen LogP contribution in [-0.2, 0) is 21.2 Å².